The highest BCUT2D eigenvalue weighted by atomic mass is 15.1. The Kier molecular flexibility index (Phi) is 6.12. The van der Waals surface area contributed by atoms with Gasteiger partial charge < -0.3 is 5.32 Å². The molecular weight excluding hydrogens is 196 g/mol. The van der Waals surface area contributed by atoms with Gasteiger partial charge in [0.25, 0.3) is 0 Å². The van der Waals surface area contributed by atoms with Gasteiger partial charge in [0.15, 0.2) is 0 Å². The normalized spacial score (nSPS) is 13.0. The first-order chi connectivity index (χ1) is 7.79. The van der Waals surface area contributed by atoms with Gasteiger partial charge in [-0.05, 0) is 26.1 Å². The van der Waals surface area contributed by atoms with Crippen LogP contribution in [-0.4, -0.2) is 32.1 Å². The minimum Gasteiger partial charge on any atom is -0.318 e. The molecule has 1 unspecified atom stereocenters. The van der Waals surface area contributed by atoms with Crippen molar-refractivity contribution in [1.29, 1.82) is 0 Å². The zero-order chi connectivity index (χ0) is 11.8. The van der Waals surface area contributed by atoms with Crippen molar-refractivity contribution in [3.63, 3.8) is 0 Å². The summed E-state index contributed by atoms with van der Waals surface area (Å²) in [5.41, 5.74) is 1.43. The van der Waals surface area contributed by atoms with E-state index in [9.17, 15) is 0 Å². The van der Waals surface area contributed by atoms with Gasteiger partial charge in [0, 0.05) is 19.1 Å². The van der Waals surface area contributed by atoms with E-state index in [2.05, 4.69) is 54.5 Å². The van der Waals surface area contributed by atoms with E-state index in [1.807, 2.05) is 7.05 Å². The van der Waals surface area contributed by atoms with Crippen molar-refractivity contribution in [3.05, 3.63) is 35.9 Å². The first-order valence-electron chi connectivity index (χ1n) is 6.19. The van der Waals surface area contributed by atoms with Gasteiger partial charge in [0.2, 0.25) is 0 Å². The van der Waals surface area contributed by atoms with Crippen molar-refractivity contribution < 1.29 is 0 Å². The molecule has 0 bridgehead atoms. The summed E-state index contributed by atoms with van der Waals surface area (Å²) >= 11 is 0. The molecule has 1 N–H and O–H groups in total. The third-order valence-corrected chi connectivity index (χ3v) is 2.99. The molecule has 0 fully saturated rings. The van der Waals surface area contributed by atoms with Crippen LogP contribution in [0.3, 0.4) is 0 Å². The largest absolute Gasteiger partial charge is 0.318 e. The Morgan fingerprint density at radius 3 is 2.50 bits per heavy atom. The number of hydrogen-bond donors (Lipinski definition) is 1. The fourth-order valence-electron chi connectivity index (χ4n) is 2.03. The molecule has 0 aliphatic carbocycles. The van der Waals surface area contributed by atoms with Crippen molar-refractivity contribution in [2.45, 2.75) is 25.8 Å². The van der Waals surface area contributed by atoms with Crippen molar-refractivity contribution in [2.75, 3.05) is 27.2 Å². The van der Waals surface area contributed by atoms with Crippen LogP contribution in [0.4, 0.5) is 0 Å². The SMILES string of the molecule is CCCC(c1ccccc1)N(C)CCNC. The summed E-state index contributed by atoms with van der Waals surface area (Å²) in [5.74, 6) is 0. The minimum absolute atomic E-state index is 0.555. The van der Waals surface area contributed by atoms with Crippen molar-refractivity contribution in [1.82, 2.24) is 10.2 Å². The first-order valence-corrected chi connectivity index (χ1v) is 6.19. The summed E-state index contributed by atoms with van der Waals surface area (Å²) in [6.45, 7) is 4.39. The van der Waals surface area contributed by atoms with E-state index in [0.717, 1.165) is 13.1 Å². The molecule has 0 radical (unpaired) electrons. The van der Waals surface area contributed by atoms with Gasteiger partial charge in [0.1, 0.15) is 0 Å². The number of benzene rings is 1. The fourth-order valence-corrected chi connectivity index (χ4v) is 2.03. The van der Waals surface area contributed by atoms with E-state index in [-0.39, 0.29) is 0 Å². The van der Waals surface area contributed by atoms with Crippen LogP contribution in [0.5, 0.6) is 0 Å². The maximum atomic E-state index is 3.21. The van der Waals surface area contributed by atoms with Crippen LogP contribution in [0.25, 0.3) is 0 Å². The van der Waals surface area contributed by atoms with Gasteiger partial charge in [-0.15, -0.1) is 0 Å². The van der Waals surface area contributed by atoms with E-state index in [0.29, 0.717) is 6.04 Å². The first kappa shape index (κ1) is 13.2. The Morgan fingerprint density at radius 1 is 1.25 bits per heavy atom. The quantitative estimate of drug-likeness (QED) is 0.760. The molecule has 0 spiro atoms. The average Bonchev–Trinajstić information content (AvgIpc) is 2.34. The molecule has 0 aliphatic heterocycles. The molecular formula is C14H24N2. The van der Waals surface area contributed by atoms with Crippen LogP contribution in [-0.2, 0) is 0 Å². The van der Waals surface area contributed by atoms with Gasteiger partial charge in [-0.3, -0.25) is 4.90 Å². The van der Waals surface area contributed by atoms with Crippen LogP contribution in [0.2, 0.25) is 0 Å². The maximum absolute atomic E-state index is 3.21. The standard InChI is InChI=1S/C14H24N2/c1-4-8-14(16(3)12-11-15-2)13-9-6-5-7-10-13/h5-7,9-10,14-15H,4,8,11-12H2,1-3H3. The van der Waals surface area contributed by atoms with Crippen LogP contribution in [0, 0.1) is 0 Å². The monoisotopic (exact) mass is 220 g/mol. The molecule has 1 rings (SSSR count). The molecule has 0 saturated heterocycles. The highest BCUT2D eigenvalue weighted by molar-refractivity contribution is 5.18. The maximum Gasteiger partial charge on any atom is 0.0345 e. The molecule has 0 aliphatic rings. The zero-order valence-corrected chi connectivity index (χ0v) is 10.7. The molecule has 2 nitrogen and oxygen atoms in total. The third kappa shape index (κ3) is 3.95. The van der Waals surface area contributed by atoms with E-state index in [4.69, 9.17) is 0 Å². The summed E-state index contributed by atoms with van der Waals surface area (Å²) in [5, 5.41) is 3.21. The molecule has 16 heavy (non-hydrogen) atoms. The minimum atomic E-state index is 0.555. The zero-order valence-electron chi connectivity index (χ0n) is 10.7. The molecule has 0 saturated carbocycles. The van der Waals surface area contributed by atoms with E-state index in [1.165, 1.54) is 18.4 Å². The van der Waals surface area contributed by atoms with Gasteiger partial charge in [-0.25, -0.2) is 0 Å². The smallest absolute Gasteiger partial charge is 0.0345 e. The number of nitrogens with zero attached hydrogens (tertiary/aromatic N) is 1. The molecule has 1 atom stereocenters. The lowest BCUT2D eigenvalue weighted by atomic mass is 10.0. The van der Waals surface area contributed by atoms with E-state index >= 15 is 0 Å². The summed E-state index contributed by atoms with van der Waals surface area (Å²) in [4.78, 5) is 2.44. The Bertz CT molecular complexity index is 271. The van der Waals surface area contributed by atoms with Crippen LogP contribution in [0.1, 0.15) is 31.4 Å². The predicted octanol–water partition coefficient (Wildman–Crippen LogP) is 2.68. The topological polar surface area (TPSA) is 15.3 Å². The molecule has 0 aromatic heterocycles. The highest BCUT2D eigenvalue weighted by Crippen LogP contribution is 2.23. The molecule has 2 heteroatoms. The summed E-state index contributed by atoms with van der Waals surface area (Å²) < 4.78 is 0. The second-order valence-electron chi connectivity index (χ2n) is 4.30. The summed E-state index contributed by atoms with van der Waals surface area (Å²) in [6, 6.07) is 11.4. The molecule has 0 heterocycles. The van der Waals surface area contributed by atoms with Gasteiger partial charge in [-0.2, -0.15) is 0 Å². The van der Waals surface area contributed by atoms with E-state index in [1.54, 1.807) is 0 Å². The van der Waals surface area contributed by atoms with Gasteiger partial charge >= 0.3 is 0 Å². The Balaban J connectivity index is 2.66. The molecule has 1 aromatic rings. The number of rotatable bonds is 7. The summed E-state index contributed by atoms with van der Waals surface area (Å²) in [6.07, 6.45) is 2.45. The second-order valence-corrected chi connectivity index (χ2v) is 4.30. The number of hydrogen-bond acceptors (Lipinski definition) is 2. The highest BCUT2D eigenvalue weighted by Gasteiger charge is 2.14. The molecule has 0 amide bonds. The number of nitrogens with one attached hydrogen (secondary N) is 1. The second kappa shape index (κ2) is 7.42. The van der Waals surface area contributed by atoms with Crippen LogP contribution < -0.4 is 5.32 Å². The lowest BCUT2D eigenvalue weighted by Crippen LogP contribution is -2.31. The Hall–Kier alpha value is -0.860. The predicted molar refractivity (Wildman–Crippen MR) is 70.6 cm³/mol. The van der Waals surface area contributed by atoms with Crippen LogP contribution in [0.15, 0.2) is 30.3 Å². The van der Waals surface area contributed by atoms with Gasteiger partial charge in [0.05, 0.1) is 0 Å². The number of likely N-dealkylation sites (N-methyl/N-ethyl adjacent to an activating group) is 2. The van der Waals surface area contributed by atoms with Gasteiger partial charge in [-0.1, -0.05) is 43.7 Å². The molecule has 1 aromatic carbocycles. The lowest BCUT2D eigenvalue weighted by Gasteiger charge is -2.28. The average molecular weight is 220 g/mol. The fraction of sp³-hybridized carbons (Fsp3) is 0.571. The van der Waals surface area contributed by atoms with Crippen molar-refractivity contribution in [2.24, 2.45) is 0 Å². The lowest BCUT2D eigenvalue weighted by molar-refractivity contribution is 0.233. The van der Waals surface area contributed by atoms with Crippen molar-refractivity contribution >= 4 is 0 Å². The Morgan fingerprint density at radius 2 is 1.94 bits per heavy atom. The summed E-state index contributed by atoms with van der Waals surface area (Å²) in [7, 11) is 4.22. The van der Waals surface area contributed by atoms with Crippen molar-refractivity contribution in [3.8, 4) is 0 Å². The Labute approximate surface area is 99.7 Å². The van der Waals surface area contributed by atoms with Crippen LogP contribution >= 0.6 is 0 Å². The van der Waals surface area contributed by atoms with E-state index < -0.39 is 0 Å². The molecule has 90 valence electrons. The third-order valence-electron chi connectivity index (χ3n) is 2.99.